The van der Waals surface area contributed by atoms with Crippen molar-refractivity contribution in [1.29, 1.82) is 0 Å². The van der Waals surface area contributed by atoms with Crippen LogP contribution >= 0.6 is 0 Å². The molecule has 0 aliphatic heterocycles. The molecule has 3 aromatic rings. The van der Waals surface area contributed by atoms with E-state index < -0.39 is 12.0 Å². The molecule has 4 rings (SSSR count). The maximum atomic E-state index is 14.3. The van der Waals surface area contributed by atoms with E-state index in [1.165, 1.54) is 13.5 Å². The van der Waals surface area contributed by atoms with Gasteiger partial charge in [0.2, 0.25) is 5.91 Å². The number of H-pyrrole nitrogens is 1. The van der Waals surface area contributed by atoms with Crippen molar-refractivity contribution >= 4 is 17.8 Å². The smallest absolute Gasteiger partial charge is 0.343 e. The highest BCUT2D eigenvalue weighted by molar-refractivity contribution is 5.97. The number of aromatic nitrogens is 1. The lowest BCUT2D eigenvalue weighted by Gasteiger charge is -2.34. The second-order valence-corrected chi connectivity index (χ2v) is 11.2. The molecule has 9 nitrogen and oxygen atoms in total. The Balaban J connectivity index is 1.66. The van der Waals surface area contributed by atoms with E-state index in [1.54, 1.807) is 35.2 Å². The quantitative estimate of drug-likeness (QED) is 0.220. The number of ether oxygens (including phenoxy) is 2. The number of esters is 1. The van der Waals surface area contributed by atoms with Gasteiger partial charge in [0.25, 0.3) is 5.91 Å². The summed E-state index contributed by atoms with van der Waals surface area (Å²) < 4.78 is 10.2. The van der Waals surface area contributed by atoms with E-state index in [9.17, 15) is 14.4 Å². The summed E-state index contributed by atoms with van der Waals surface area (Å²) in [6.07, 6.45) is 5.93. The largest absolute Gasteiger partial charge is 0.482 e. The Labute approximate surface area is 260 Å². The van der Waals surface area contributed by atoms with Crippen molar-refractivity contribution in [3.05, 3.63) is 78.0 Å². The molecular formula is C35H46N4O5. The van der Waals surface area contributed by atoms with E-state index in [1.807, 2.05) is 36.4 Å². The predicted octanol–water partition coefficient (Wildman–Crippen LogP) is 5.60. The van der Waals surface area contributed by atoms with E-state index in [2.05, 4.69) is 33.8 Å². The van der Waals surface area contributed by atoms with E-state index in [0.29, 0.717) is 30.0 Å². The van der Waals surface area contributed by atoms with Crippen LogP contribution in [0.15, 0.2) is 66.7 Å². The highest BCUT2D eigenvalue weighted by Gasteiger charge is 2.34. The topological polar surface area (TPSA) is 104 Å². The van der Waals surface area contributed by atoms with Crippen LogP contribution < -0.4 is 10.1 Å². The van der Waals surface area contributed by atoms with Gasteiger partial charge in [0, 0.05) is 18.3 Å². The summed E-state index contributed by atoms with van der Waals surface area (Å²) >= 11 is 0. The van der Waals surface area contributed by atoms with Gasteiger partial charge in [-0.15, -0.1) is 0 Å². The number of hydrogen-bond acceptors (Lipinski definition) is 6. The monoisotopic (exact) mass is 602 g/mol. The van der Waals surface area contributed by atoms with Gasteiger partial charge in [-0.25, -0.2) is 4.79 Å². The molecule has 1 aliphatic carbocycles. The van der Waals surface area contributed by atoms with Crippen molar-refractivity contribution < 1.29 is 23.9 Å². The first-order valence-corrected chi connectivity index (χ1v) is 15.8. The summed E-state index contributed by atoms with van der Waals surface area (Å²) in [5, 5.41) is 3.27. The van der Waals surface area contributed by atoms with Gasteiger partial charge in [-0.05, 0) is 74.3 Å². The molecule has 236 valence electrons. The Hall–Kier alpha value is -4.11. The molecule has 1 fully saturated rings. The molecule has 1 atom stereocenters. The molecule has 2 N–H and O–H groups in total. The Morgan fingerprint density at radius 2 is 1.61 bits per heavy atom. The summed E-state index contributed by atoms with van der Waals surface area (Å²) in [5.74, 6) is -0.431. The van der Waals surface area contributed by atoms with Gasteiger partial charge in [0.15, 0.2) is 6.61 Å². The third-order valence-corrected chi connectivity index (χ3v) is 8.32. The van der Waals surface area contributed by atoms with E-state index in [-0.39, 0.29) is 24.5 Å². The molecule has 44 heavy (non-hydrogen) atoms. The fourth-order valence-corrected chi connectivity index (χ4v) is 5.76. The first-order chi connectivity index (χ1) is 21.4. The summed E-state index contributed by atoms with van der Waals surface area (Å²) in [4.78, 5) is 47.4. The van der Waals surface area contributed by atoms with Crippen molar-refractivity contribution in [1.82, 2.24) is 20.1 Å². The number of hydrogen-bond donors (Lipinski definition) is 2. The molecule has 0 spiro atoms. The standard InChI is InChI=1S/C35H46N4O5/c1-4-38(5-2)23-12-24-39(35(42)31-22-21-30(37-31)26-13-8-6-9-14-26)33(34(41)36-28-15-10-7-11-16-28)27-17-19-29(20-18-27)44-25-32(40)43-3/h6,8-9,13-14,17-22,28,33,37H,4-5,7,10-12,15-16,23-25H2,1-3H3,(H,36,41). The predicted molar refractivity (Wildman–Crippen MR) is 171 cm³/mol. The second kappa shape index (κ2) is 16.7. The van der Waals surface area contributed by atoms with Gasteiger partial charge in [0.1, 0.15) is 17.5 Å². The zero-order chi connectivity index (χ0) is 31.3. The fourth-order valence-electron chi connectivity index (χ4n) is 5.76. The minimum absolute atomic E-state index is 0.0872. The zero-order valence-electron chi connectivity index (χ0n) is 26.2. The van der Waals surface area contributed by atoms with Crippen LogP contribution in [0.1, 0.15) is 74.5 Å². The van der Waals surface area contributed by atoms with Gasteiger partial charge in [-0.3, -0.25) is 9.59 Å². The number of aromatic amines is 1. The third-order valence-electron chi connectivity index (χ3n) is 8.32. The van der Waals surface area contributed by atoms with E-state index >= 15 is 0 Å². The summed E-state index contributed by atoms with van der Waals surface area (Å²) in [5.41, 5.74) is 2.93. The van der Waals surface area contributed by atoms with Crippen LogP contribution in [0.25, 0.3) is 11.3 Å². The lowest BCUT2D eigenvalue weighted by Crippen LogP contribution is -2.47. The SMILES string of the molecule is CCN(CC)CCCN(C(=O)c1ccc(-c2ccccc2)[nH]1)C(C(=O)NC1CCCCC1)c1ccc(OCC(=O)OC)cc1. The van der Waals surface area contributed by atoms with Crippen LogP contribution in [0.3, 0.4) is 0 Å². The van der Waals surface area contributed by atoms with Gasteiger partial charge in [0.05, 0.1) is 7.11 Å². The Kier molecular flexibility index (Phi) is 12.4. The Bertz CT molecular complexity index is 1330. The number of carbonyl (C=O) groups is 3. The number of rotatable bonds is 15. The van der Waals surface area contributed by atoms with Crippen LogP contribution in [0.5, 0.6) is 5.75 Å². The molecule has 1 heterocycles. The Morgan fingerprint density at radius 3 is 2.27 bits per heavy atom. The molecule has 1 unspecified atom stereocenters. The summed E-state index contributed by atoms with van der Waals surface area (Å²) in [6, 6.07) is 19.8. The molecule has 0 bridgehead atoms. The van der Waals surface area contributed by atoms with Crippen LogP contribution in [-0.4, -0.2) is 78.5 Å². The van der Waals surface area contributed by atoms with Crippen molar-refractivity contribution in [3.63, 3.8) is 0 Å². The molecule has 2 aromatic carbocycles. The maximum Gasteiger partial charge on any atom is 0.343 e. The molecule has 1 saturated carbocycles. The minimum Gasteiger partial charge on any atom is -0.482 e. The zero-order valence-corrected chi connectivity index (χ0v) is 26.2. The number of benzene rings is 2. The molecule has 0 saturated heterocycles. The molecule has 0 radical (unpaired) electrons. The highest BCUT2D eigenvalue weighted by atomic mass is 16.6. The summed E-state index contributed by atoms with van der Waals surface area (Å²) in [6.45, 7) is 7.09. The number of amides is 2. The first kappa shape index (κ1) is 32.8. The van der Waals surface area contributed by atoms with Gasteiger partial charge >= 0.3 is 5.97 Å². The average Bonchev–Trinajstić information content (AvgIpc) is 3.57. The van der Waals surface area contributed by atoms with Crippen molar-refractivity contribution in [3.8, 4) is 17.0 Å². The molecule has 1 aliphatic rings. The van der Waals surface area contributed by atoms with Gasteiger partial charge < -0.3 is 29.6 Å². The third kappa shape index (κ3) is 8.95. The lowest BCUT2D eigenvalue weighted by atomic mass is 9.94. The van der Waals surface area contributed by atoms with Crippen molar-refractivity contribution in [2.24, 2.45) is 0 Å². The van der Waals surface area contributed by atoms with E-state index in [0.717, 1.165) is 56.6 Å². The van der Waals surface area contributed by atoms with Crippen molar-refractivity contribution in [2.75, 3.05) is 39.9 Å². The van der Waals surface area contributed by atoms with Crippen LogP contribution in [0.2, 0.25) is 0 Å². The van der Waals surface area contributed by atoms with Gasteiger partial charge in [-0.1, -0.05) is 75.6 Å². The van der Waals surface area contributed by atoms with E-state index in [4.69, 9.17) is 4.74 Å². The Morgan fingerprint density at radius 1 is 0.909 bits per heavy atom. The average molecular weight is 603 g/mol. The first-order valence-electron chi connectivity index (χ1n) is 15.8. The van der Waals surface area contributed by atoms with Crippen LogP contribution in [-0.2, 0) is 14.3 Å². The number of methoxy groups -OCH3 is 1. The lowest BCUT2D eigenvalue weighted by molar-refractivity contribution is -0.142. The van der Waals surface area contributed by atoms with Crippen molar-refractivity contribution in [2.45, 2.75) is 64.5 Å². The van der Waals surface area contributed by atoms with Gasteiger partial charge in [-0.2, -0.15) is 0 Å². The minimum atomic E-state index is -0.848. The molecule has 1 aromatic heterocycles. The normalized spacial score (nSPS) is 14.2. The second-order valence-electron chi connectivity index (χ2n) is 11.2. The fraction of sp³-hybridized carbons (Fsp3) is 0.457. The maximum absolute atomic E-state index is 14.3. The number of carbonyl (C=O) groups excluding carboxylic acids is 3. The van der Waals surface area contributed by atoms with Crippen LogP contribution in [0, 0.1) is 0 Å². The highest BCUT2D eigenvalue weighted by Crippen LogP contribution is 2.28. The van der Waals surface area contributed by atoms with Crippen LogP contribution in [0.4, 0.5) is 0 Å². The summed E-state index contributed by atoms with van der Waals surface area (Å²) in [7, 11) is 1.31. The number of nitrogens with one attached hydrogen (secondary N) is 2. The molecule has 9 heteroatoms. The molecular weight excluding hydrogens is 556 g/mol. The number of nitrogens with zero attached hydrogens (tertiary/aromatic N) is 2. The molecule has 2 amide bonds.